The summed E-state index contributed by atoms with van der Waals surface area (Å²) >= 11 is 0. The maximum Gasteiger partial charge on any atom is 0.0192 e. The molecule has 0 spiro atoms. The first-order chi connectivity index (χ1) is 7.17. The summed E-state index contributed by atoms with van der Waals surface area (Å²) in [7, 11) is 0. The Hall–Kier alpha value is -0.0800. The van der Waals surface area contributed by atoms with E-state index in [-0.39, 0.29) is 0 Å². The van der Waals surface area contributed by atoms with E-state index in [0.717, 1.165) is 18.5 Å². The molecule has 0 aromatic rings. The zero-order valence-electron chi connectivity index (χ0n) is 10.9. The number of rotatable bonds is 8. The Balaban J connectivity index is 2.34. The Labute approximate surface area is 95.4 Å². The summed E-state index contributed by atoms with van der Waals surface area (Å²) in [5.74, 6) is 0.796. The van der Waals surface area contributed by atoms with Gasteiger partial charge in [-0.3, -0.25) is 4.90 Å². The molecule has 0 radical (unpaired) electrons. The summed E-state index contributed by atoms with van der Waals surface area (Å²) in [4.78, 5) is 2.70. The largest absolute Gasteiger partial charge is 0.313 e. The zero-order valence-corrected chi connectivity index (χ0v) is 10.9. The van der Waals surface area contributed by atoms with Crippen LogP contribution < -0.4 is 5.32 Å². The van der Waals surface area contributed by atoms with Gasteiger partial charge in [-0.15, -0.1) is 0 Å². The lowest BCUT2D eigenvalue weighted by molar-refractivity contribution is 0.207. The molecule has 2 nitrogen and oxygen atoms in total. The second-order valence-corrected chi connectivity index (χ2v) is 5.24. The minimum absolute atomic E-state index is 0.689. The molecule has 90 valence electrons. The quantitative estimate of drug-likeness (QED) is 0.665. The standard InChI is InChI=1S/C13H28N2/c1-5-12(14-6-2)10-15(9-11(3)4)13-7-8-13/h11-14H,5-10H2,1-4H3. The summed E-state index contributed by atoms with van der Waals surface area (Å²) in [6.45, 7) is 12.7. The van der Waals surface area contributed by atoms with E-state index >= 15 is 0 Å². The minimum atomic E-state index is 0.689. The van der Waals surface area contributed by atoms with Crippen molar-refractivity contribution in [3.05, 3.63) is 0 Å². The van der Waals surface area contributed by atoms with Crippen molar-refractivity contribution in [2.75, 3.05) is 19.6 Å². The maximum absolute atomic E-state index is 3.58. The van der Waals surface area contributed by atoms with Gasteiger partial charge in [-0.1, -0.05) is 27.7 Å². The summed E-state index contributed by atoms with van der Waals surface area (Å²) in [5.41, 5.74) is 0. The summed E-state index contributed by atoms with van der Waals surface area (Å²) in [6.07, 6.45) is 4.10. The Morgan fingerprint density at radius 3 is 2.27 bits per heavy atom. The molecule has 1 N–H and O–H groups in total. The molecule has 0 saturated heterocycles. The Morgan fingerprint density at radius 1 is 1.20 bits per heavy atom. The number of nitrogens with one attached hydrogen (secondary N) is 1. The van der Waals surface area contributed by atoms with Crippen LogP contribution in [0.2, 0.25) is 0 Å². The van der Waals surface area contributed by atoms with Crippen molar-refractivity contribution in [2.45, 2.75) is 59.0 Å². The molecule has 1 aliphatic rings. The number of hydrogen-bond acceptors (Lipinski definition) is 2. The first kappa shape index (κ1) is 13.0. The molecule has 0 aromatic carbocycles. The average molecular weight is 212 g/mol. The molecule has 0 bridgehead atoms. The average Bonchev–Trinajstić information content (AvgIpc) is 2.98. The predicted octanol–water partition coefficient (Wildman–Crippen LogP) is 2.49. The highest BCUT2D eigenvalue weighted by molar-refractivity contribution is 4.87. The highest BCUT2D eigenvalue weighted by atomic mass is 15.2. The Bertz CT molecular complexity index is 164. The molecule has 1 rings (SSSR count). The first-order valence-electron chi connectivity index (χ1n) is 6.64. The van der Waals surface area contributed by atoms with Crippen molar-refractivity contribution in [1.29, 1.82) is 0 Å². The van der Waals surface area contributed by atoms with Gasteiger partial charge in [-0.2, -0.15) is 0 Å². The van der Waals surface area contributed by atoms with Crippen LogP contribution in [0.3, 0.4) is 0 Å². The first-order valence-corrected chi connectivity index (χ1v) is 6.64. The van der Waals surface area contributed by atoms with Crippen molar-refractivity contribution in [2.24, 2.45) is 5.92 Å². The Kier molecular flexibility index (Phi) is 5.62. The lowest BCUT2D eigenvalue weighted by Gasteiger charge is -2.28. The van der Waals surface area contributed by atoms with Crippen LogP contribution in [0.4, 0.5) is 0 Å². The van der Waals surface area contributed by atoms with Gasteiger partial charge in [0.15, 0.2) is 0 Å². The fraction of sp³-hybridized carbons (Fsp3) is 1.00. The molecule has 0 aromatic heterocycles. The topological polar surface area (TPSA) is 15.3 Å². The van der Waals surface area contributed by atoms with E-state index in [9.17, 15) is 0 Å². The lowest BCUT2D eigenvalue weighted by Crippen LogP contribution is -2.43. The fourth-order valence-electron chi connectivity index (χ4n) is 2.19. The van der Waals surface area contributed by atoms with Crippen molar-refractivity contribution < 1.29 is 0 Å². The van der Waals surface area contributed by atoms with Crippen LogP contribution in [0.5, 0.6) is 0 Å². The molecule has 0 aliphatic heterocycles. The SMILES string of the molecule is CCNC(CC)CN(CC(C)C)C1CC1. The van der Waals surface area contributed by atoms with Crippen LogP contribution in [0, 0.1) is 5.92 Å². The lowest BCUT2D eigenvalue weighted by atomic mass is 10.1. The van der Waals surface area contributed by atoms with E-state index in [1.165, 1.54) is 32.4 Å². The second kappa shape index (κ2) is 6.49. The van der Waals surface area contributed by atoms with Crippen molar-refractivity contribution >= 4 is 0 Å². The molecule has 1 unspecified atom stereocenters. The van der Waals surface area contributed by atoms with Gasteiger partial charge in [-0.25, -0.2) is 0 Å². The van der Waals surface area contributed by atoms with Crippen LogP contribution in [0.1, 0.15) is 47.0 Å². The van der Waals surface area contributed by atoms with Gasteiger partial charge < -0.3 is 5.32 Å². The van der Waals surface area contributed by atoms with Crippen LogP contribution in [0.15, 0.2) is 0 Å². The molecule has 1 fully saturated rings. The van der Waals surface area contributed by atoms with E-state index in [1.54, 1.807) is 0 Å². The van der Waals surface area contributed by atoms with Crippen molar-refractivity contribution in [1.82, 2.24) is 10.2 Å². The summed E-state index contributed by atoms with van der Waals surface area (Å²) in [6, 6.07) is 1.59. The van der Waals surface area contributed by atoms with Gasteiger partial charge in [0.1, 0.15) is 0 Å². The zero-order chi connectivity index (χ0) is 11.3. The highest BCUT2D eigenvalue weighted by Gasteiger charge is 2.30. The Morgan fingerprint density at radius 2 is 1.87 bits per heavy atom. The molecule has 1 atom stereocenters. The van der Waals surface area contributed by atoms with Gasteiger partial charge in [0, 0.05) is 25.2 Å². The van der Waals surface area contributed by atoms with Gasteiger partial charge in [-0.05, 0) is 31.7 Å². The number of hydrogen-bond donors (Lipinski definition) is 1. The third-order valence-electron chi connectivity index (χ3n) is 3.10. The normalized spacial score (nSPS) is 18.8. The minimum Gasteiger partial charge on any atom is -0.313 e. The second-order valence-electron chi connectivity index (χ2n) is 5.24. The monoisotopic (exact) mass is 212 g/mol. The van der Waals surface area contributed by atoms with E-state index in [1.807, 2.05) is 0 Å². The fourth-order valence-corrected chi connectivity index (χ4v) is 2.19. The summed E-state index contributed by atoms with van der Waals surface area (Å²) in [5, 5.41) is 3.58. The van der Waals surface area contributed by atoms with E-state index in [2.05, 4.69) is 37.9 Å². The molecule has 0 amide bonds. The predicted molar refractivity (Wildman–Crippen MR) is 67.2 cm³/mol. The number of likely N-dealkylation sites (N-methyl/N-ethyl adjacent to an activating group) is 1. The molecular formula is C13H28N2. The van der Waals surface area contributed by atoms with Gasteiger partial charge >= 0.3 is 0 Å². The van der Waals surface area contributed by atoms with E-state index < -0.39 is 0 Å². The van der Waals surface area contributed by atoms with Crippen molar-refractivity contribution in [3.8, 4) is 0 Å². The molecular weight excluding hydrogens is 184 g/mol. The van der Waals surface area contributed by atoms with Gasteiger partial charge in [0.25, 0.3) is 0 Å². The summed E-state index contributed by atoms with van der Waals surface area (Å²) < 4.78 is 0. The van der Waals surface area contributed by atoms with E-state index in [4.69, 9.17) is 0 Å². The van der Waals surface area contributed by atoms with Crippen LogP contribution in [-0.4, -0.2) is 36.6 Å². The number of nitrogens with zero attached hydrogens (tertiary/aromatic N) is 1. The van der Waals surface area contributed by atoms with Gasteiger partial charge in [0.2, 0.25) is 0 Å². The molecule has 1 saturated carbocycles. The molecule has 0 heterocycles. The van der Waals surface area contributed by atoms with Gasteiger partial charge in [0.05, 0.1) is 0 Å². The van der Waals surface area contributed by atoms with E-state index in [0.29, 0.717) is 6.04 Å². The van der Waals surface area contributed by atoms with Crippen LogP contribution >= 0.6 is 0 Å². The third-order valence-corrected chi connectivity index (χ3v) is 3.10. The molecule has 2 heteroatoms. The maximum atomic E-state index is 3.58. The molecule has 1 aliphatic carbocycles. The highest BCUT2D eigenvalue weighted by Crippen LogP contribution is 2.27. The third kappa shape index (κ3) is 4.98. The smallest absolute Gasteiger partial charge is 0.0192 e. The van der Waals surface area contributed by atoms with Crippen LogP contribution in [0.25, 0.3) is 0 Å². The molecule has 15 heavy (non-hydrogen) atoms. The van der Waals surface area contributed by atoms with Crippen LogP contribution in [-0.2, 0) is 0 Å². The van der Waals surface area contributed by atoms with Crippen molar-refractivity contribution in [3.63, 3.8) is 0 Å².